The molecule has 0 aliphatic heterocycles. The minimum Gasteiger partial charge on any atom is -0.306 e. The molecule has 0 atom stereocenters. The van der Waals surface area contributed by atoms with Crippen molar-refractivity contribution in [1.82, 2.24) is 4.98 Å². The first kappa shape index (κ1) is 24.5. The molecule has 0 unspecified atom stereocenters. The molecule has 0 fully saturated rings. The van der Waals surface area contributed by atoms with Gasteiger partial charge in [-0.3, -0.25) is 4.57 Å². The number of aromatic nitrogens is 1. The van der Waals surface area contributed by atoms with Gasteiger partial charge in [-0.2, -0.15) is 0 Å². The van der Waals surface area contributed by atoms with Crippen LogP contribution in [0.2, 0.25) is 0 Å². The van der Waals surface area contributed by atoms with E-state index in [9.17, 15) is 4.57 Å². The summed E-state index contributed by atoms with van der Waals surface area (Å²) in [6.07, 6.45) is 0. The van der Waals surface area contributed by atoms with E-state index in [2.05, 4.69) is 37.1 Å². The Hall–Kier alpha value is -2.62. The van der Waals surface area contributed by atoms with E-state index in [1.807, 2.05) is 66.0 Å². The number of hydrogen-bond acceptors (Lipinski definition) is 3. The predicted octanol–water partition coefficient (Wildman–Crippen LogP) is 9.59. The molecule has 4 aromatic rings. The summed E-state index contributed by atoms with van der Waals surface area (Å²) in [4.78, 5) is 4.72. The highest BCUT2D eigenvalue weighted by Crippen LogP contribution is 2.54. The third kappa shape index (κ3) is 6.08. The lowest BCUT2D eigenvalue weighted by molar-refractivity contribution is 0.589. The number of hydrogen-bond donors (Lipinski definition) is 1. The van der Waals surface area contributed by atoms with Crippen molar-refractivity contribution in [3.8, 4) is 11.3 Å². The number of aryl methyl sites for hydroxylation is 2. The summed E-state index contributed by atoms with van der Waals surface area (Å²) in [7, 11) is -3.37. The Morgan fingerprint density at radius 3 is 2.00 bits per heavy atom. The summed E-state index contributed by atoms with van der Waals surface area (Å²) < 4.78 is 14.2. The van der Waals surface area contributed by atoms with Crippen molar-refractivity contribution in [3.05, 3.63) is 118 Å². The zero-order valence-corrected chi connectivity index (χ0v) is 21.9. The van der Waals surface area contributed by atoms with Gasteiger partial charge in [0.1, 0.15) is 0 Å². The molecule has 0 saturated heterocycles. The highest BCUT2D eigenvalue weighted by atomic mass is 35.5. The van der Waals surface area contributed by atoms with Crippen molar-refractivity contribution in [3.63, 3.8) is 0 Å². The van der Waals surface area contributed by atoms with Crippen LogP contribution >= 0.6 is 41.8 Å². The van der Waals surface area contributed by atoms with E-state index in [-0.39, 0.29) is 0 Å². The molecule has 7 heteroatoms. The lowest BCUT2D eigenvalue weighted by Gasteiger charge is -2.14. The molecule has 4 rings (SSSR count). The van der Waals surface area contributed by atoms with Crippen LogP contribution in [0.3, 0.4) is 0 Å². The van der Waals surface area contributed by atoms with Crippen molar-refractivity contribution < 1.29 is 4.57 Å². The van der Waals surface area contributed by atoms with Crippen molar-refractivity contribution in [2.75, 3.05) is 5.09 Å². The Kier molecular flexibility index (Phi) is 7.75. The standard InChI is InChI=1S/C27H23Cl2N2OPS/c1-19-13-14-20(2)23(15-19)26-18-34-27(30-26)31-33(32,16-24(28)21-9-5-3-6-10-21)17-25(29)22-11-7-4-8-12-22/h3-18H,1-2H3,(H,30,31,32)/b24-16-,25-17-. The third-order valence-electron chi connectivity index (χ3n) is 5.15. The van der Waals surface area contributed by atoms with Crippen LogP contribution < -0.4 is 5.09 Å². The maximum absolute atomic E-state index is 14.2. The molecule has 0 saturated carbocycles. The number of halogens is 2. The van der Waals surface area contributed by atoms with Crippen molar-refractivity contribution in [1.29, 1.82) is 0 Å². The van der Waals surface area contributed by atoms with E-state index >= 15 is 0 Å². The average molecular weight is 525 g/mol. The quantitative estimate of drug-likeness (QED) is 0.244. The van der Waals surface area contributed by atoms with Crippen molar-refractivity contribution in [2.24, 2.45) is 0 Å². The Morgan fingerprint density at radius 2 is 1.44 bits per heavy atom. The van der Waals surface area contributed by atoms with Crippen LogP contribution in [0, 0.1) is 13.8 Å². The Labute approximate surface area is 214 Å². The summed E-state index contributed by atoms with van der Waals surface area (Å²) >= 11 is 14.6. The van der Waals surface area contributed by atoms with Crippen LogP contribution in [0.5, 0.6) is 0 Å². The number of anilines is 1. The Morgan fingerprint density at radius 1 is 0.882 bits per heavy atom. The summed E-state index contributed by atoms with van der Waals surface area (Å²) in [6, 6.07) is 25.1. The molecule has 1 aromatic heterocycles. The van der Waals surface area contributed by atoms with Crippen LogP contribution in [-0.2, 0) is 4.57 Å². The molecule has 0 amide bonds. The van der Waals surface area contributed by atoms with Gasteiger partial charge in [0.25, 0.3) is 0 Å². The molecule has 0 radical (unpaired) electrons. The number of nitrogens with zero attached hydrogens (tertiary/aromatic N) is 1. The van der Waals surface area contributed by atoms with Crippen LogP contribution in [-0.4, -0.2) is 4.98 Å². The predicted molar refractivity (Wildman–Crippen MR) is 149 cm³/mol. The SMILES string of the molecule is Cc1ccc(C)c(-c2csc(NP(=O)(/C=C(\Cl)c3ccccc3)/C=C(\Cl)c3ccccc3)n2)c1. The maximum atomic E-state index is 14.2. The first-order chi connectivity index (χ1) is 16.3. The Balaban J connectivity index is 1.72. The maximum Gasteiger partial charge on any atom is 0.217 e. The lowest BCUT2D eigenvalue weighted by Crippen LogP contribution is -1.94. The molecule has 3 aromatic carbocycles. The molecule has 3 nitrogen and oxygen atoms in total. The summed E-state index contributed by atoms with van der Waals surface area (Å²) in [6.45, 7) is 4.10. The summed E-state index contributed by atoms with van der Waals surface area (Å²) in [5.41, 5.74) is 5.70. The number of nitrogens with one attached hydrogen (secondary N) is 1. The van der Waals surface area contributed by atoms with E-state index in [1.54, 1.807) is 0 Å². The topological polar surface area (TPSA) is 42.0 Å². The number of benzene rings is 3. The van der Waals surface area contributed by atoms with Gasteiger partial charge < -0.3 is 5.09 Å². The first-order valence-electron chi connectivity index (χ1n) is 10.6. The van der Waals surface area contributed by atoms with Crippen molar-refractivity contribution in [2.45, 2.75) is 13.8 Å². The monoisotopic (exact) mass is 524 g/mol. The summed E-state index contributed by atoms with van der Waals surface area (Å²) in [5, 5.41) is 6.35. The highest BCUT2D eigenvalue weighted by molar-refractivity contribution is 7.72. The fourth-order valence-corrected chi connectivity index (χ4v) is 7.23. The van der Waals surface area contributed by atoms with Crippen LogP contribution in [0.15, 0.2) is 95.9 Å². The van der Waals surface area contributed by atoms with Crippen molar-refractivity contribution >= 4 is 57.0 Å². The van der Waals surface area contributed by atoms with Crippen LogP contribution in [0.1, 0.15) is 22.3 Å². The third-order valence-corrected chi connectivity index (χ3v) is 8.87. The second kappa shape index (κ2) is 10.8. The average Bonchev–Trinajstić information content (AvgIpc) is 3.29. The van der Waals surface area contributed by atoms with E-state index in [0.717, 1.165) is 33.5 Å². The number of thiazole rings is 1. The van der Waals surface area contributed by atoms with Gasteiger partial charge in [0.15, 0.2) is 5.13 Å². The Bertz CT molecular complexity index is 1340. The fourth-order valence-electron chi connectivity index (χ4n) is 3.39. The molecule has 0 aliphatic carbocycles. The van der Waals surface area contributed by atoms with E-state index in [4.69, 9.17) is 28.2 Å². The van der Waals surface area contributed by atoms with E-state index in [0.29, 0.717) is 15.2 Å². The molecular formula is C27H23Cl2N2OPS. The number of rotatable bonds is 7. The van der Waals surface area contributed by atoms with Gasteiger partial charge in [0, 0.05) is 22.6 Å². The molecule has 0 aliphatic rings. The normalized spacial score (nSPS) is 12.6. The minimum atomic E-state index is -3.37. The second-order valence-corrected chi connectivity index (χ2v) is 11.7. The van der Waals surface area contributed by atoms with Gasteiger partial charge in [-0.25, -0.2) is 4.98 Å². The molecule has 0 spiro atoms. The minimum absolute atomic E-state index is 0.372. The van der Waals surface area contributed by atoms with E-state index < -0.39 is 7.29 Å². The summed E-state index contributed by atoms with van der Waals surface area (Å²) in [5.74, 6) is 3.07. The van der Waals surface area contributed by atoms with Crippen LogP contribution in [0.25, 0.3) is 21.3 Å². The van der Waals surface area contributed by atoms with Gasteiger partial charge in [0.05, 0.1) is 15.8 Å². The van der Waals surface area contributed by atoms with Gasteiger partial charge in [-0.05, 0) is 36.6 Å². The van der Waals surface area contributed by atoms with Gasteiger partial charge in [0.2, 0.25) is 7.29 Å². The molecule has 0 bridgehead atoms. The highest BCUT2D eigenvalue weighted by Gasteiger charge is 2.21. The fraction of sp³-hybridized carbons (Fsp3) is 0.0741. The molecular weight excluding hydrogens is 502 g/mol. The van der Waals surface area contributed by atoms with E-state index in [1.165, 1.54) is 23.0 Å². The molecule has 1 N–H and O–H groups in total. The smallest absolute Gasteiger partial charge is 0.217 e. The van der Waals surface area contributed by atoms with Gasteiger partial charge in [-0.15, -0.1) is 11.3 Å². The van der Waals surface area contributed by atoms with Crippen LogP contribution in [0.4, 0.5) is 5.13 Å². The molecule has 34 heavy (non-hydrogen) atoms. The van der Waals surface area contributed by atoms with Gasteiger partial charge in [-0.1, -0.05) is 102 Å². The zero-order chi connectivity index (χ0) is 24.1. The van der Waals surface area contributed by atoms with Gasteiger partial charge >= 0.3 is 0 Å². The molecule has 1 heterocycles. The zero-order valence-electron chi connectivity index (χ0n) is 18.7. The lowest BCUT2D eigenvalue weighted by atomic mass is 10.0. The molecule has 172 valence electrons. The second-order valence-electron chi connectivity index (χ2n) is 7.86. The first-order valence-corrected chi connectivity index (χ1v) is 14.1. The largest absolute Gasteiger partial charge is 0.306 e.